The van der Waals surface area contributed by atoms with Crippen LogP contribution in [0.3, 0.4) is 0 Å². The van der Waals surface area contributed by atoms with Gasteiger partial charge in [-0.05, 0) is 93.5 Å². The van der Waals surface area contributed by atoms with Crippen molar-refractivity contribution in [2.24, 2.45) is 45.3 Å². The molecule has 0 aromatic rings. The Balaban J connectivity index is 1.20. The van der Waals surface area contributed by atoms with Gasteiger partial charge in [0.25, 0.3) is 0 Å². The molecule has 328 valence electrons. The average molecular weight is 815 g/mol. The van der Waals surface area contributed by atoms with Gasteiger partial charge in [-0.2, -0.15) is 0 Å². The Morgan fingerprint density at radius 3 is 1.91 bits per heavy atom. The molecule has 0 spiro atoms. The highest BCUT2D eigenvalue weighted by Crippen LogP contribution is 2.74. The van der Waals surface area contributed by atoms with E-state index in [1.807, 2.05) is 13.8 Å². The van der Waals surface area contributed by atoms with E-state index in [4.69, 9.17) is 18.9 Å². The summed E-state index contributed by atoms with van der Waals surface area (Å²) in [5.74, 6) is -0.419. The molecule has 0 aromatic carbocycles. The molecule has 0 unspecified atom stereocenters. The van der Waals surface area contributed by atoms with Gasteiger partial charge >= 0.3 is 0 Å². The summed E-state index contributed by atoms with van der Waals surface area (Å²) in [6.45, 7) is 14.6. The zero-order valence-corrected chi connectivity index (χ0v) is 34.8. The highest BCUT2D eigenvalue weighted by Gasteiger charge is 2.72. The van der Waals surface area contributed by atoms with Crippen LogP contribution in [0.4, 0.5) is 0 Å². The molecule has 20 atom stereocenters. The summed E-state index contributed by atoms with van der Waals surface area (Å²) in [4.78, 5) is 14.7. The molecule has 2 saturated heterocycles. The van der Waals surface area contributed by atoms with E-state index < -0.39 is 126 Å². The number of hydrogen-bond acceptors (Lipinski definition) is 15. The molecule has 2 aliphatic heterocycles. The summed E-state index contributed by atoms with van der Waals surface area (Å²) in [5.41, 5.74) is -2.87. The molecule has 4 aliphatic carbocycles. The molecule has 6 rings (SSSR count). The standard InChI is InChI=1S/C42H70O15/c1-19(9-11-28(39(4,5)53)57-37-34(52)32(50)30(48)25(18-44)55-37)20-13-14-40(6)35-23(45)15-22-21(42(35,8)26(46)16-41(20,40)7)10-12-27(38(22,2)3)56-36-33(51)31(49)29(47)24(17-43)54-36/h15,19-21,24-37,43-44,46-53H,9-14,16-18H2,1-8H3/t19-,20+,21+,24+,25+,26+,27-,28+,29+,30+,31-,32-,33+,34+,35-,36-,37-,40-,41+,42+/m0/s1. The quantitative estimate of drug-likeness (QED) is 0.135. The van der Waals surface area contributed by atoms with E-state index in [1.165, 1.54) is 0 Å². The minimum absolute atomic E-state index is 0.0267. The lowest BCUT2D eigenvalue weighted by Crippen LogP contribution is -2.67. The Bertz CT molecular complexity index is 1480. The van der Waals surface area contributed by atoms with E-state index >= 15 is 0 Å². The SMILES string of the molecule is C[C@@H](CC[C@@H](O[C@@H]1O[C@H](CO)[C@@H](O)[C@H](O)[C@H]1O)C(C)(C)O)[C@H]1CC[C@@]2(C)[C@@H]3C(=O)C=C4[C@@H](CC[C@H](O[C@@H]5O[C@H](CO)[C@@H](O)[C@H](O)[C@H]5O)C4(C)C)[C@]3(C)[C@H](O)C[C@]12C. The fraction of sp³-hybridized carbons (Fsp3) is 0.929. The first-order valence-corrected chi connectivity index (χ1v) is 21.0. The lowest BCUT2D eigenvalue weighted by molar-refractivity contribution is -0.322. The summed E-state index contributed by atoms with van der Waals surface area (Å²) in [6, 6.07) is 0. The van der Waals surface area contributed by atoms with E-state index in [0.29, 0.717) is 32.1 Å². The van der Waals surface area contributed by atoms with Gasteiger partial charge in [0, 0.05) is 16.7 Å². The Kier molecular flexibility index (Phi) is 12.7. The number of carbonyl (C=O) groups is 1. The van der Waals surface area contributed by atoms with E-state index in [2.05, 4.69) is 27.7 Å². The molecule has 15 heteroatoms. The van der Waals surface area contributed by atoms with Crippen molar-refractivity contribution in [1.82, 2.24) is 0 Å². The number of carbonyl (C=O) groups excluding carboxylic acids is 1. The van der Waals surface area contributed by atoms with E-state index in [0.717, 1.165) is 18.4 Å². The molecular weight excluding hydrogens is 744 g/mol. The van der Waals surface area contributed by atoms with Crippen molar-refractivity contribution < 1.29 is 74.8 Å². The second kappa shape index (κ2) is 16.0. The van der Waals surface area contributed by atoms with Gasteiger partial charge in [-0.3, -0.25) is 4.79 Å². The topological polar surface area (TPSA) is 256 Å². The summed E-state index contributed by atoms with van der Waals surface area (Å²) in [6.07, 6.45) is -10.5. The van der Waals surface area contributed by atoms with Crippen molar-refractivity contribution in [2.45, 2.75) is 186 Å². The van der Waals surface area contributed by atoms with Crippen molar-refractivity contribution in [3.05, 3.63) is 11.6 Å². The molecule has 57 heavy (non-hydrogen) atoms. The first kappa shape index (κ1) is 45.4. The minimum atomic E-state index is -1.61. The van der Waals surface area contributed by atoms with Crippen LogP contribution in [0.25, 0.3) is 0 Å². The fourth-order valence-corrected chi connectivity index (χ4v) is 12.6. The molecule has 6 aliphatic rings. The predicted molar refractivity (Wildman–Crippen MR) is 203 cm³/mol. The van der Waals surface area contributed by atoms with Crippen LogP contribution in [0.15, 0.2) is 11.6 Å². The van der Waals surface area contributed by atoms with Gasteiger partial charge in [0.05, 0.1) is 37.1 Å². The Hall–Kier alpha value is -1.15. The largest absolute Gasteiger partial charge is 0.394 e. The molecule has 0 radical (unpaired) electrons. The van der Waals surface area contributed by atoms with Gasteiger partial charge in [-0.15, -0.1) is 0 Å². The van der Waals surface area contributed by atoms with Crippen LogP contribution in [0.5, 0.6) is 0 Å². The highest BCUT2D eigenvalue weighted by molar-refractivity contribution is 5.95. The number of aliphatic hydroxyl groups is 10. The van der Waals surface area contributed by atoms with Gasteiger partial charge in [0.15, 0.2) is 18.4 Å². The van der Waals surface area contributed by atoms with Gasteiger partial charge in [0.2, 0.25) is 0 Å². The smallest absolute Gasteiger partial charge is 0.187 e. The summed E-state index contributed by atoms with van der Waals surface area (Å²) < 4.78 is 23.7. The maximum atomic E-state index is 14.7. The molecule has 3 saturated carbocycles. The number of allylic oxidation sites excluding steroid dienone is 1. The van der Waals surface area contributed by atoms with Gasteiger partial charge in [-0.25, -0.2) is 0 Å². The van der Waals surface area contributed by atoms with E-state index in [9.17, 15) is 55.9 Å². The summed E-state index contributed by atoms with van der Waals surface area (Å²) in [5, 5.41) is 106. The number of hydrogen-bond donors (Lipinski definition) is 10. The normalized spacial score (nSPS) is 49.7. The second-order valence-electron chi connectivity index (χ2n) is 20.2. The molecule has 5 fully saturated rings. The number of fused-ring (bicyclic) bond motifs is 5. The third-order valence-electron chi connectivity index (χ3n) is 16.3. The first-order valence-electron chi connectivity index (χ1n) is 21.0. The Labute approximate surface area is 336 Å². The minimum Gasteiger partial charge on any atom is -0.394 e. The van der Waals surface area contributed by atoms with Gasteiger partial charge < -0.3 is 70.0 Å². The van der Waals surface area contributed by atoms with Crippen LogP contribution in [0.1, 0.15) is 100 Å². The molecular formula is C42H70O15. The summed E-state index contributed by atoms with van der Waals surface area (Å²) in [7, 11) is 0. The third-order valence-corrected chi connectivity index (χ3v) is 16.3. The van der Waals surface area contributed by atoms with E-state index in [1.54, 1.807) is 19.9 Å². The predicted octanol–water partition coefficient (Wildman–Crippen LogP) is 0.299. The van der Waals surface area contributed by atoms with Crippen molar-refractivity contribution in [2.75, 3.05) is 13.2 Å². The average Bonchev–Trinajstić information content (AvgIpc) is 3.40. The molecule has 10 N–H and O–H groups in total. The number of aliphatic hydroxyl groups excluding tert-OH is 9. The maximum Gasteiger partial charge on any atom is 0.187 e. The molecule has 0 bridgehead atoms. The van der Waals surface area contributed by atoms with Crippen LogP contribution in [0.2, 0.25) is 0 Å². The van der Waals surface area contributed by atoms with E-state index in [-0.39, 0.29) is 23.5 Å². The first-order chi connectivity index (χ1) is 26.4. The van der Waals surface area contributed by atoms with Crippen molar-refractivity contribution in [1.29, 1.82) is 0 Å². The lowest BCUT2D eigenvalue weighted by atomic mass is 9.38. The monoisotopic (exact) mass is 814 g/mol. The lowest BCUT2D eigenvalue weighted by Gasteiger charge is -2.66. The Morgan fingerprint density at radius 1 is 0.789 bits per heavy atom. The van der Waals surface area contributed by atoms with Crippen molar-refractivity contribution in [3.63, 3.8) is 0 Å². The maximum absolute atomic E-state index is 14.7. The van der Waals surface area contributed by atoms with Gasteiger partial charge in [0.1, 0.15) is 48.8 Å². The van der Waals surface area contributed by atoms with Crippen molar-refractivity contribution in [3.8, 4) is 0 Å². The molecule has 0 amide bonds. The third kappa shape index (κ3) is 7.30. The Morgan fingerprint density at radius 2 is 1.35 bits per heavy atom. The van der Waals surface area contributed by atoms with Crippen LogP contribution in [-0.4, -0.2) is 155 Å². The zero-order valence-electron chi connectivity index (χ0n) is 34.8. The van der Waals surface area contributed by atoms with Crippen LogP contribution in [0, 0.1) is 45.3 Å². The van der Waals surface area contributed by atoms with Crippen LogP contribution >= 0.6 is 0 Å². The zero-order chi connectivity index (χ0) is 42.4. The summed E-state index contributed by atoms with van der Waals surface area (Å²) >= 11 is 0. The number of rotatable bonds is 11. The molecule has 2 heterocycles. The van der Waals surface area contributed by atoms with Gasteiger partial charge in [-0.1, -0.05) is 47.1 Å². The number of ketones is 1. The molecule has 0 aromatic heterocycles. The molecule has 15 nitrogen and oxygen atoms in total. The number of ether oxygens (including phenoxy) is 4. The highest BCUT2D eigenvalue weighted by atomic mass is 16.7. The second-order valence-corrected chi connectivity index (χ2v) is 20.2. The van der Waals surface area contributed by atoms with Crippen LogP contribution in [-0.2, 0) is 23.7 Å². The van der Waals surface area contributed by atoms with Crippen molar-refractivity contribution >= 4 is 5.78 Å². The van der Waals surface area contributed by atoms with Crippen LogP contribution < -0.4 is 0 Å². The fourth-order valence-electron chi connectivity index (χ4n) is 12.6.